The number of hydrogen-bond acceptors (Lipinski definition) is 3. The van der Waals surface area contributed by atoms with E-state index in [0.717, 1.165) is 11.6 Å². The fourth-order valence-electron chi connectivity index (χ4n) is 3.78. The molecule has 0 aliphatic carbocycles. The van der Waals surface area contributed by atoms with E-state index >= 15 is 0 Å². The molecule has 0 aromatic heterocycles. The van der Waals surface area contributed by atoms with Gasteiger partial charge in [0.25, 0.3) is 0 Å². The largest absolute Gasteiger partial charge is 0.418 e. The first-order chi connectivity index (χ1) is 13.3. The summed E-state index contributed by atoms with van der Waals surface area (Å²) >= 11 is 0. The Balaban J connectivity index is 1.73. The van der Waals surface area contributed by atoms with Crippen LogP contribution in [0, 0.1) is 5.92 Å². The maximum absolute atomic E-state index is 13.2. The average molecular weight is 391 g/mol. The first-order valence-electron chi connectivity index (χ1n) is 9.27. The van der Waals surface area contributed by atoms with Gasteiger partial charge in [-0.05, 0) is 37.1 Å². The summed E-state index contributed by atoms with van der Waals surface area (Å²) in [6, 6.07) is 14.4. The molecule has 7 heteroatoms. The van der Waals surface area contributed by atoms with E-state index in [1.165, 1.54) is 18.2 Å². The molecule has 150 valence electrons. The van der Waals surface area contributed by atoms with Crippen LogP contribution in [0.2, 0.25) is 0 Å². The molecule has 0 bridgehead atoms. The third-order valence-electron chi connectivity index (χ3n) is 5.42. The SMILES string of the molecule is CC(C(=O)Nc1ccccc1C(F)(F)F)N1C[C@@H](CN)[C@H](c2ccccc2)C1. The van der Waals surface area contributed by atoms with Crippen LogP contribution in [0.1, 0.15) is 24.0 Å². The van der Waals surface area contributed by atoms with Gasteiger partial charge in [-0.2, -0.15) is 13.2 Å². The minimum absolute atomic E-state index is 0.195. The second-order valence-corrected chi connectivity index (χ2v) is 7.18. The van der Waals surface area contributed by atoms with Gasteiger partial charge >= 0.3 is 6.18 Å². The van der Waals surface area contributed by atoms with Gasteiger partial charge < -0.3 is 11.1 Å². The monoisotopic (exact) mass is 391 g/mol. The number of halogens is 3. The molecule has 1 saturated heterocycles. The zero-order chi connectivity index (χ0) is 20.3. The van der Waals surface area contributed by atoms with Crippen molar-refractivity contribution in [2.45, 2.75) is 25.1 Å². The summed E-state index contributed by atoms with van der Waals surface area (Å²) in [5, 5.41) is 2.45. The van der Waals surface area contributed by atoms with Crippen LogP contribution >= 0.6 is 0 Å². The van der Waals surface area contributed by atoms with Gasteiger partial charge in [-0.15, -0.1) is 0 Å². The molecule has 1 amide bonds. The van der Waals surface area contributed by atoms with Crippen molar-refractivity contribution in [1.29, 1.82) is 0 Å². The summed E-state index contributed by atoms with van der Waals surface area (Å²) in [6.07, 6.45) is -4.52. The number of carbonyl (C=O) groups excluding carboxylic acids is 1. The smallest absolute Gasteiger partial charge is 0.330 e. The summed E-state index contributed by atoms with van der Waals surface area (Å²) in [5.41, 5.74) is 6.03. The molecule has 3 atom stereocenters. The van der Waals surface area contributed by atoms with Crippen LogP contribution in [0.5, 0.6) is 0 Å². The Labute approximate surface area is 162 Å². The number of nitrogens with zero attached hydrogens (tertiary/aromatic N) is 1. The highest BCUT2D eigenvalue weighted by Gasteiger charge is 2.38. The molecule has 0 saturated carbocycles. The molecule has 3 N–H and O–H groups in total. The number of amides is 1. The third kappa shape index (κ3) is 4.36. The topological polar surface area (TPSA) is 58.4 Å². The van der Waals surface area contributed by atoms with E-state index in [1.54, 1.807) is 6.92 Å². The van der Waals surface area contributed by atoms with Crippen molar-refractivity contribution in [2.75, 3.05) is 25.0 Å². The van der Waals surface area contributed by atoms with E-state index in [0.29, 0.717) is 19.6 Å². The maximum atomic E-state index is 13.2. The van der Waals surface area contributed by atoms with Crippen LogP contribution in [0.25, 0.3) is 0 Å². The minimum Gasteiger partial charge on any atom is -0.330 e. The summed E-state index contributed by atoms with van der Waals surface area (Å²) in [7, 11) is 0. The van der Waals surface area contributed by atoms with E-state index in [9.17, 15) is 18.0 Å². The number of carbonyl (C=O) groups is 1. The lowest BCUT2D eigenvalue weighted by Crippen LogP contribution is -2.41. The summed E-state index contributed by atoms with van der Waals surface area (Å²) in [5.74, 6) is -0.0646. The highest BCUT2D eigenvalue weighted by atomic mass is 19.4. The molecule has 4 nitrogen and oxygen atoms in total. The van der Waals surface area contributed by atoms with Crippen LogP contribution in [-0.2, 0) is 11.0 Å². The van der Waals surface area contributed by atoms with Crippen molar-refractivity contribution in [1.82, 2.24) is 4.90 Å². The van der Waals surface area contributed by atoms with Crippen LogP contribution in [0.3, 0.4) is 0 Å². The lowest BCUT2D eigenvalue weighted by atomic mass is 9.89. The summed E-state index contributed by atoms with van der Waals surface area (Å²) in [4.78, 5) is 14.7. The minimum atomic E-state index is -4.52. The number of hydrogen-bond donors (Lipinski definition) is 2. The average Bonchev–Trinajstić information content (AvgIpc) is 3.12. The molecule has 1 aliphatic rings. The number of likely N-dealkylation sites (tertiary alicyclic amines) is 1. The van der Waals surface area contributed by atoms with E-state index in [-0.39, 0.29) is 17.5 Å². The lowest BCUT2D eigenvalue weighted by Gasteiger charge is -2.24. The predicted molar refractivity (Wildman–Crippen MR) is 103 cm³/mol. The van der Waals surface area contributed by atoms with Gasteiger partial charge in [-0.3, -0.25) is 9.69 Å². The van der Waals surface area contributed by atoms with Gasteiger partial charge in [0.1, 0.15) is 0 Å². The van der Waals surface area contributed by atoms with Gasteiger partial charge in [-0.1, -0.05) is 42.5 Å². The predicted octanol–water partition coefficient (Wildman–Crippen LogP) is 3.71. The number of alkyl halides is 3. The zero-order valence-electron chi connectivity index (χ0n) is 15.6. The summed E-state index contributed by atoms with van der Waals surface area (Å²) < 4.78 is 39.5. The summed E-state index contributed by atoms with van der Waals surface area (Å²) in [6.45, 7) is 3.47. The van der Waals surface area contributed by atoms with Crippen molar-refractivity contribution >= 4 is 11.6 Å². The fraction of sp³-hybridized carbons (Fsp3) is 0.381. The first-order valence-corrected chi connectivity index (χ1v) is 9.27. The van der Waals surface area contributed by atoms with Gasteiger partial charge in [0, 0.05) is 19.0 Å². The van der Waals surface area contributed by atoms with Gasteiger partial charge in [-0.25, -0.2) is 0 Å². The highest BCUT2D eigenvalue weighted by molar-refractivity contribution is 5.95. The van der Waals surface area contributed by atoms with Crippen molar-refractivity contribution in [3.05, 3.63) is 65.7 Å². The van der Waals surface area contributed by atoms with E-state index in [4.69, 9.17) is 5.73 Å². The lowest BCUT2D eigenvalue weighted by molar-refractivity contribution is -0.137. The molecule has 28 heavy (non-hydrogen) atoms. The highest BCUT2D eigenvalue weighted by Crippen LogP contribution is 2.36. The molecule has 1 heterocycles. The van der Waals surface area contributed by atoms with Crippen LogP contribution in [0.4, 0.5) is 18.9 Å². The Bertz CT molecular complexity index is 810. The molecule has 0 radical (unpaired) electrons. The van der Waals surface area contributed by atoms with E-state index in [2.05, 4.69) is 5.32 Å². The number of rotatable bonds is 5. The van der Waals surface area contributed by atoms with Crippen LogP contribution in [0.15, 0.2) is 54.6 Å². The van der Waals surface area contributed by atoms with Gasteiger partial charge in [0.2, 0.25) is 5.91 Å². The maximum Gasteiger partial charge on any atom is 0.418 e. The van der Waals surface area contributed by atoms with Crippen LogP contribution < -0.4 is 11.1 Å². The van der Waals surface area contributed by atoms with E-state index in [1.807, 2.05) is 35.2 Å². The molecule has 2 aromatic carbocycles. The number of para-hydroxylation sites is 1. The third-order valence-corrected chi connectivity index (χ3v) is 5.42. The fourth-order valence-corrected chi connectivity index (χ4v) is 3.78. The molecular formula is C21H24F3N3O. The second-order valence-electron chi connectivity index (χ2n) is 7.18. The van der Waals surface area contributed by atoms with Gasteiger partial charge in [0.05, 0.1) is 17.3 Å². The first kappa shape index (κ1) is 20.4. The van der Waals surface area contributed by atoms with Crippen molar-refractivity contribution < 1.29 is 18.0 Å². The molecule has 1 unspecified atom stereocenters. The molecule has 0 spiro atoms. The second kappa shape index (κ2) is 8.32. The Morgan fingerprint density at radius 2 is 1.79 bits per heavy atom. The van der Waals surface area contributed by atoms with Gasteiger partial charge in [0.15, 0.2) is 0 Å². The number of nitrogens with one attached hydrogen (secondary N) is 1. The van der Waals surface area contributed by atoms with Crippen molar-refractivity contribution in [3.63, 3.8) is 0 Å². The Morgan fingerprint density at radius 3 is 2.43 bits per heavy atom. The van der Waals surface area contributed by atoms with Crippen molar-refractivity contribution in [3.8, 4) is 0 Å². The quantitative estimate of drug-likeness (QED) is 0.817. The Hall–Kier alpha value is -2.38. The van der Waals surface area contributed by atoms with Crippen molar-refractivity contribution in [2.24, 2.45) is 11.7 Å². The van der Waals surface area contributed by atoms with Crippen LogP contribution in [-0.4, -0.2) is 36.5 Å². The molecule has 2 aromatic rings. The molecule has 1 aliphatic heterocycles. The number of benzene rings is 2. The zero-order valence-corrected chi connectivity index (χ0v) is 15.6. The number of anilines is 1. The Morgan fingerprint density at radius 1 is 1.14 bits per heavy atom. The Kier molecular flexibility index (Phi) is 6.05. The van der Waals surface area contributed by atoms with E-state index < -0.39 is 23.7 Å². The molecule has 3 rings (SSSR count). The molecule has 1 fully saturated rings. The standard InChI is InChI=1S/C21H24F3N3O/c1-14(20(28)26-19-10-6-5-9-18(19)21(22,23)24)27-12-16(11-25)17(13-27)15-7-3-2-4-8-15/h2-10,14,16-17H,11-13,25H2,1H3,(H,26,28)/t14?,16-,17+/m1/s1. The normalized spacial score (nSPS) is 21.5. The number of nitrogens with two attached hydrogens (primary N) is 1. The molecular weight excluding hydrogens is 367 g/mol.